The Morgan fingerprint density at radius 3 is 2.38 bits per heavy atom. The van der Waals surface area contributed by atoms with Crippen LogP contribution < -0.4 is 0 Å². The van der Waals surface area contributed by atoms with Crippen LogP contribution in [-0.2, 0) is 34.0 Å². The van der Waals surface area contributed by atoms with E-state index < -0.39 is 0 Å². The van der Waals surface area contributed by atoms with Crippen molar-refractivity contribution in [2.24, 2.45) is 5.92 Å². The van der Waals surface area contributed by atoms with Gasteiger partial charge >= 0.3 is 65.2 Å². The fraction of sp³-hybridized carbons (Fsp3) is 0.800. The van der Waals surface area contributed by atoms with E-state index in [1.54, 1.807) is 0 Å². The van der Waals surface area contributed by atoms with Crippen molar-refractivity contribution in [3.8, 4) is 0 Å². The average molecular weight is 300 g/mol. The molecular formula is C5H7HgO2. The summed E-state index contributed by atoms with van der Waals surface area (Å²) in [5.41, 5.74) is 0. The van der Waals surface area contributed by atoms with Gasteiger partial charge in [0.05, 0.1) is 0 Å². The number of rotatable bonds is 1. The molecule has 0 aromatic carbocycles. The molecule has 3 heteroatoms. The Labute approximate surface area is 65.2 Å². The molecular weight excluding hydrogens is 293 g/mol. The Hall–Kier alpha value is 0.405. The first-order valence-electron chi connectivity index (χ1n) is 2.80. The molecule has 0 radical (unpaired) electrons. The van der Waals surface area contributed by atoms with Gasteiger partial charge in [-0.1, -0.05) is 0 Å². The number of carbonyl (C=O) groups is 1. The maximum absolute atomic E-state index is 10.6. The Kier molecular flexibility index (Phi) is 2.29. The second kappa shape index (κ2) is 2.81. The van der Waals surface area contributed by atoms with Crippen LogP contribution in [-0.4, -0.2) is 5.97 Å². The van der Waals surface area contributed by atoms with Crippen molar-refractivity contribution in [3.63, 3.8) is 0 Å². The van der Waals surface area contributed by atoms with Gasteiger partial charge < -0.3 is 0 Å². The van der Waals surface area contributed by atoms with Crippen LogP contribution in [0.2, 0.25) is 0 Å². The summed E-state index contributed by atoms with van der Waals surface area (Å²) in [6, 6.07) is 0. The minimum absolute atomic E-state index is 0.0552. The summed E-state index contributed by atoms with van der Waals surface area (Å²) in [5.74, 6) is 0.340. The SMILES string of the molecule is O=C([O][Hg])C1CCC1. The summed E-state index contributed by atoms with van der Waals surface area (Å²) in [6.07, 6.45) is 3.35. The molecule has 0 aromatic rings. The maximum atomic E-state index is 10.6. The summed E-state index contributed by atoms with van der Waals surface area (Å²) in [7, 11) is 0. The molecule has 0 unspecified atom stereocenters. The molecule has 41 valence electrons. The van der Waals surface area contributed by atoms with E-state index in [1.165, 1.54) is 6.42 Å². The Balaban J connectivity index is 2.24. The van der Waals surface area contributed by atoms with Gasteiger partial charge in [0.15, 0.2) is 0 Å². The zero-order valence-electron chi connectivity index (χ0n) is 4.72. The first-order chi connectivity index (χ1) is 3.84. The van der Waals surface area contributed by atoms with E-state index in [9.17, 15) is 4.79 Å². The molecule has 2 nitrogen and oxygen atoms in total. The van der Waals surface area contributed by atoms with Crippen molar-refractivity contribution in [2.45, 2.75) is 19.3 Å². The van der Waals surface area contributed by atoms with Crippen molar-refractivity contribution >= 4 is 5.97 Å². The Morgan fingerprint density at radius 2 is 2.25 bits per heavy atom. The van der Waals surface area contributed by atoms with Gasteiger partial charge in [-0.05, 0) is 0 Å². The molecule has 1 rings (SSSR count). The van der Waals surface area contributed by atoms with Gasteiger partial charge in [-0.3, -0.25) is 0 Å². The predicted molar refractivity (Wildman–Crippen MR) is 23.4 cm³/mol. The molecule has 0 amide bonds. The summed E-state index contributed by atoms with van der Waals surface area (Å²) in [5, 5.41) is 0. The van der Waals surface area contributed by atoms with Gasteiger partial charge in [-0.2, -0.15) is 0 Å². The van der Waals surface area contributed by atoms with Crippen molar-refractivity contribution in [2.75, 3.05) is 0 Å². The van der Waals surface area contributed by atoms with Crippen molar-refractivity contribution in [1.29, 1.82) is 0 Å². The van der Waals surface area contributed by atoms with E-state index in [2.05, 4.69) is 0 Å². The number of hydrogen-bond donors (Lipinski definition) is 0. The zero-order valence-corrected chi connectivity index (χ0v) is 10.2. The molecule has 1 aliphatic carbocycles. The monoisotopic (exact) mass is 301 g/mol. The molecule has 0 atom stereocenters. The average Bonchev–Trinajstić information content (AvgIpc) is 1.62. The second-order valence-electron chi connectivity index (χ2n) is 2.09. The third-order valence-corrected chi connectivity index (χ3v) is 2.69. The van der Waals surface area contributed by atoms with E-state index in [4.69, 9.17) is 2.64 Å². The zero-order chi connectivity index (χ0) is 5.98. The molecule has 0 bridgehead atoms. The van der Waals surface area contributed by atoms with E-state index in [-0.39, 0.29) is 38.5 Å². The van der Waals surface area contributed by atoms with Gasteiger partial charge in [-0.15, -0.1) is 0 Å². The van der Waals surface area contributed by atoms with Crippen LogP contribution in [0.5, 0.6) is 0 Å². The van der Waals surface area contributed by atoms with E-state index in [1.807, 2.05) is 0 Å². The topological polar surface area (TPSA) is 26.3 Å². The quantitative estimate of drug-likeness (QED) is 0.669. The molecule has 1 fully saturated rings. The molecule has 0 aliphatic heterocycles. The standard InChI is InChI=1S/C5H8O2.Hg/c6-5(7)4-2-1-3-4;/h4H,1-3H2,(H,6,7);/q;+1/p-1. The van der Waals surface area contributed by atoms with Crippen LogP contribution in [0.15, 0.2) is 0 Å². The van der Waals surface area contributed by atoms with Crippen molar-refractivity contribution in [3.05, 3.63) is 0 Å². The molecule has 1 aliphatic rings. The summed E-state index contributed by atoms with van der Waals surface area (Å²) < 4.78 is 4.71. The van der Waals surface area contributed by atoms with Crippen LogP contribution >= 0.6 is 0 Å². The molecule has 1 saturated carbocycles. The van der Waals surface area contributed by atoms with E-state index in [0.717, 1.165) is 12.8 Å². The van der Waals surface area contributed by atoms with Gasteiger partial charge in [0.25, 0.3) is 0 Å². The fourth-order valence-electron chi connectivity index (χ4n) is 0.762. The van der Waals surface area contributed by atoms with E-state index in [0.29, 0.717) is 0 Å². The second-order valence-corrected chi connectivity index (χ2v) is 3.21. The van der Waals surface area contributed by atoms with Gasteiger partial charge in [0.1, 0.15) is 0 Å². The first kappa shape index (κ1) is 6.52. The van der Waals surface area contributed by atoms with Gasteiger partial charge in [-0.25, -0.2) is 0 Å². The van der Waals surface area contributed by atoms with Crippen molar-refractivity contribution in [1.82, 2.24) is 0 Å². The van der Waals surface area contributed by atoms with Crippen LogP contribution in [0.4, 0.5) is 0 Å². The predicted octanol–water partition coefficient (Wildman–Crippen LogP) is 0.791. The number of hydrogen-bond acceptors (Lipinski definition) is 2. The summed E-state index contributed by atoms with van der Waals surface area (Å²) in [4.78, 5) is 10.6. The van der Waals surface area contributed by atoms with Crippen LogP contribution in [0.25, 0.3) is 0 Å². The number of carbonyl (C=O) groups excluding carboxylic acids is 1. The minimum atomic E-state index is 0.0552. The summed E-state index contributed by atoms with van der Waals surface area (Å²) in [6.45, 7) is 0. The van der Waals surface area contributed by atoms with Gasteiger partial charge in [0, 0.05) is 0 Å². The Bertz CT molecular complexity index is 98.6. The first-order valence-corrected chi connectivity index (χ1v) is 5.05. The van der Waals surface area contributed by atoms with Crippen LogP contribution in [0.1, 0.15) is 19.3 Å². The molecule has 0 aromatic heterocycles. The molecule has 0 spiro atoms. The normalized spacial score (nSPS) is 19.8. The molecule has 0 saturated heterocycles. The Morgan fingerprint density at radius 1 is 1.62 bits per heavy atom. The third kappa shape index (κ3) is 1.22. The summed E-state index contributed by atoms with van der Waals surface area (Å²) >= 11 is 0.205. The van der Waals surface area contributed by atoms with Crippen LogP contribution in [0.3, 0.4) is 0 Å². The van der Waals surface area contributed by atoms with Crippen molar-refractivity contribution < 1.29 is 34.0 Å². The molecule has 0 heterocycles. The molecule has 8 heavy (non-hydrogen) atoms. The fourth-order valence-corrected chi connectivity index (χ4v) is 1.68. The van der Waals surface area contributed by atoms with Gasteiger partial charge in [0.2, 0.25) is 0 Å². The van der Waals surface area contributed by atoms with E-state index >= 15 is 0 Å². The van der Waals surface area contributed by atoms with Crippen LogP contribution in [0, 0.1) is 5.92 Å². The molecule has 0 N–H and O–H groups in total. The third-order valence-electron chi connectivity index (χ3n) is 1.58.